The van der Waals surface area contributed by atoms with Crippen LogP contribution in [-0.4, -0.2) is 48.6 Å². The molecule has 2 unspecified atom stereocenters. The summed E-state index contributed by atoms with van der Waals surface area (Å²) in [6.45, 7) is 10.6. The van der Waals surface area contributed by atoms with Gasteiger partial charge in [0.1, 0.15) is 0 Å². The third kappa shape index (κ3) is 3.97. The van der Waals surface area contributed by atoms with Gasteiger partial charge in [0.05, 0.1) is 0 Å². The lowest BCUT2D eigenvalue weighted by Crippen LogP contribution is -2.56. The second kappa shape index (κ2) is 6.77. The van der Waals surface area contributed by atoms with E-state index in [1.807, 2.05) is 11.8 Å². The molecule has 1 aliphatic rings. The van der Waals surface area contributed by atoms with E-state index in [4.69, 9.17) is 0 Å². The average molecular weight is 230 g/mol. The predicted molar refractivity (Wildman–Crippen MR) is 70.7 cm³/mol. The maximum atomic E-state index is 3.51. The summed E-state index contributed by atoms with van der Waals surface area (Å²) in [4.78, 5) is 2.71. The maximum absolute atomic E-state index is 3.51. The Labute approximate surface area is 99.2 Å². The molecule has 1 rings (SSSR count). The molecular weight excluding hydrogens is 204 g/mol. The second-order valence-corrected chi connectivity index (χ2v) is 5.87. The quantitative estimate of drug-likeness (QED) is 0.778. The average Bonchev–Trinajstić information content (AvgIpc) is 2.25. The molecule has 2 nitrogen and oxygen atoms in total. The fourth-order valence-corrected chi connectivity index (χ4v) is 2.94. The van der Waals surface area contributed by atoms with Gasteiger partial charge in [-0.25, -0.2) is 0 Å². The van der Waals surface area contributed by atoms with Crippen molar-refractivity contribution in [2.45, 2.75) is 39.3 Å². The van der Waals surface area contributed by atoms with Crippen LogP contribution >= 0.6 is 11.8 Å². The van der Waals surface area contributed by atoms with Gasteiger partial charge in [0, 0.05) is 31.7 Å². The first kappa shape index (κ1) is 13.3. The van der Waals surface area contributed by atoms with Crippen LogP contribution < -0.4 is 5.32 Å². The van der Waals surface area contributed by atoms with Gasteiger partial charge in [-0.05, 0) is 31.3 Å². The Morgan fingerprint density at radius 1 is 1.40 bits per heavy atom. The highest BCUT2D eigenvalue weighted by molar-refractivity contribution is 7.98. The number of thioether (sulfide) groups is 1. The van der Waals surface area contributed by atoms with Crippen molar-refractivity contribution in [1.29, 1.82) is 0 Å². The smallest absolute Gasteiger partial charge is 0.0246 e. The van der Waals surface area contributed by atoms with Gasteiger partial charge in [0.15, 0.2) is 0 Å². The van der Waals surface area contributed by atoms with Crippen molar-refractivity contribution >= 4 is 11.8 Å². The van der Waals surface area contributed by atoms with Gasteiger partial charge < -0.3 is 5.32 Å². The van der Waals surface area contributed by atoms with Gasteiger partial charge in [-0.15, -0.1) is 0 Å². The molecule has 90 valence electrons. The Morgan fingerprint density at radius 2 is 2.13 bits per heavy atom. The van der Waals surface area contributed by atoms with E-state index in [2.05, 4.69) is 37.2 Å². The van der Waals surface area contributed by atoms with Crippen LogP contribution in [0.25, 0.3) is 0 Å². The standard InChI is InChI=1S/C12H26N2S/c1-10(2)12-9-13-6-7-14(12)11(3)5-8-15-4/h10-13H,5-9H2,1-4H3. The Balaban J connectivity index is 2.47. The van der Waals surface area contributed by atoms with Crippen LogP contribution in [0.3, 0.4) is 0 Å². The van der Waals surface area contributed by atoms with Crippen molar-refractivity contribution in [3.63, 3.8) is 0 Å². The van der Waals surface area contributed by atoms with Crippen LogP contribution in [0.2, 0.25) is 0 Å². The fourth-order valence-electron chi connectivity index (χ4n) is 2.36. The molecule has 1 saturated heterocycles. The molecule has 15 heavy (non-hydrogen) atoms. The normalized spacial score (nSPS) is 25.8. The second-order valence-electron chi connectivity index (χ2n) is 4.88. The van der Waals surface area contributed by atoms with Crippen molar-refractivity contribution in [2.75, 3.05) is 31.6 Å². The molecule has 0 radical (unpaired) electrons. The molecule has 0 aromatic rings. The number of rotatable bonds is 5. The first-order valence-corrected chi connectivity index (χ1v) is 7.51. The molecule has 0 spiro atoms. The van der Waals surface area contributed by atoms with Gasteiger partial charge in [-0.3, -0.25) is 4.90 Å². The summed E-state index contributed by atoms with van der Waals surface area (Å²) >= 11 is 1.96. The lowest BCUT2D eigenvalue weighted by Gasteiger charge is -2.42. The number of hydrogen-bond donors (Lipinski definition) is 1. The Bertz CT molecular complexity index is 173. The van der Waals surface area contributed by atoms with E-state index in [9.17, 15) is 0 Å². The van der Waals surface area contributed by atoms with Gasteiger partial charge in [0.25, 0.3) is 0 Å². The molecule has 0 aliphatic carbocycles. The molecular formula is C12H26N2S. The summed E-state index contributed by atoms with van der Waals surface area (Å²) in [5, 5.41) is 3.51. The highest BCUT2D eigenvalue weighted by Gasteiger charge is 2.27. The van der Waals surface area contributed by atoms with E-state index in [1.54, 1.807) is 0 Å². The van der Waals surface area contributed by atoms with Gasteiger partial charge in [-0.1, -0.05) is 13.8 Å². The molecule has 1 aliphatic heterocycles. The van der Waals surface area contributed by atoms with Crippen molar-refractivity contribution in [2.24, 2.45) is 5.92 Å². The van der Waals surface area contributed by atoms with E-state index < -0.39 is 0 Å². The third-order valence-corrected chi connectivity index (χ3v) is 4.05. The van der Waals surface area contributed by atoms with Crippen LogP contribution in [0, 0.1) is 5.92 Å². The fraction of sp³-hybridized carbons (Fsp3) is 1.00. The van der Waals surface area contributed by atoms with Crippen molar-refractivity contribution < 1.29 is 0 Å². The molecule has 3 heteroatoms. The van der Waals surface area contributed by atoms with Crippen LogP contribution in [0.4, 0.5) is 0 Å². The van der Waals surface area contributed by atoms with Gasteiger partial charge >= 0.3 is 0 Å². The van der Waals surface area contributed by atoms with E-state index in [-0.39, 0.29) is 0 Å². The van der Waals surface area contributed by atoms with E-state index in [0.717, 1.165) is 24.5 Å². The molecule has 2 atom stereocenters. The summed E-state index contributed by atoms with van der Waals surface area (Å²) in [7, 11) is 0. The topological polar surface area (TPSA) is 15.3 Å². The van der Waals surface area contributed by atoms with E-state index >= 15 is 0 Å². The monoisotopic (exact) mass is 230 g/mol. The number of piperazine rings is 1. The SMILES string of the molecule is CSCCC(C)N1CCNCC1C(C)C. The lowest BCUT2D eigenvalue weighted by atomic mass is 9.98. The molecule has 0 saturated carbocycles. The van der Waals surface area contributed by atoms with Crippen molar-refractivity contribution in [3.8, 4) is 0 Å². The highest BCUT2D eigenvalue weighted by Crippen LogP contribution is 2.18. The summed E-state index contributed by atoms with van der Waals surface area (Å²) in [6, 6.07) is 1.47. The summed E-state index contributed by atoms with van der Waals surface area (Å²) in [5.74, 6) is 2.05. The predicted octanol–water partition coefficient (Wildman–Crippen LogP) is 2.06. The molecule has 1 N–H and O–H groups in total. The number of nitrogens with one attached hydrogen (secondary N) is 1. The van der Waals surface area contributed by atoms with Crippen LogP contribution in [-0.2, 0) is 0 Å². The van der Waals surface area contributed by atoms with Gasteiger partial charge in [0.2, 0.25) is 0 Å². The van der Waals surface area contributed by atoms with E-state index in [0.29, 0.717) is 0 Å². The maximum Gasteiger partial charge on any atom is 0.0246 e. The molecule has 0 amide bonds. The van der Waals surface area contributed by atoms with Crippen LogP contribution in [0.1, 0.15) is 27.2 Å². The first-order chi connectivity index (χ1) is 7.16. The molecule has 0 bridgehead atoms. The summed E-state index contributed by atoms with van der Waals surface area (Å²) in [5.41, 5.74) is 0. The Hall–Kier alpha value is 0.270. The minimum Gasteiger partial charge on any atom is -0.314 e. The lowest BCUT2D eigenvalue weighted by molar-refractivity contribution is 0.0832. The zero-order chi connectivity index (χ0) is 11.3. The highest BCUT2D eigenvalue weighted by atomic mass is 32.2. The van der Waals surface area contributed by atoms with Crippen molar-refractivity contribution in [1.82, 2.24) is 10.2 Å². The molecule has 1 heterocycles. The Morgan fingerprint density at radius 3 is 2.73 bits per heavy atom. The summed E-state index contributed by atoms with van der Waals surface area (Å²) in [6.07, 6.45) is 3.52. The Kier molecular flexibility index (Phi) is 6.02. The minimum absolute atomic E-state index is 0.732. The summed E-state index contributed by atoms with van der Waals surface area (Å²) < 4.78 is 0. The number of hydrogen-bond acceptors (Lipinski definition) is 3. The first-order valence-electron chi connectivity index (χ1n) is 6.12. The number of nitrogens with zero attached hydrogens (tertiary/aromatic N) is 1. The minimum atomic E-state index is 0.732. The zero-order valence-corrected chi connectivity index (χ0v) is 11.4. The molecule has 0 aromatic carbocycles. The molecule has 0 aromatic heterocycles. The third-order valence-electron chi connectivity index (χ3n) is 3.40. The largest absolute Gasteiger partial charge is 0.314 e. The van der Waals surface area contributed by atoms with Crippen LogP contribution in [0.15, 0.2) is 0 Å². The molecule has 1 fully saturated rings. The zero-order valence-electron chi connectivity index (χ0n) is 10.6. The van der Waals surface area contributed by atoms with E-state index in [1.165, 1.54) is 25.3 Å². The van der Waals surface area contributed by atoms with Crippen LogP contribution in [0.5, 0.6) is 0 Å². The van der Waals surface area contributed by atoms with Crippen molar-refractivity contribution in [3.05, 3.63) is 0 Å². The van der Waals surface area contributed by atoms with Gasteiger partial charge in [-0.2, -0.15) is 11.8 Å².